The maximum Gasteiger partial charge on any atom is 0.416 e. The lowest BCUT2D eigenvalue weighted by Gasteiger charge is -2.27. The summed E-state index contributed by atoms with van der Waals surface area (Å²) in [5, 5.41) is 5.07. The number of nitrogens with one attached hydrogen (secondary N) is 3. The molecule has 144 valence electrons. The van der Waals surface area contributed by atoms with Crippen LogP contribution in [0.4, 0.5) is 24.5 Å². The standard InChI is InChI=1S/C17H16F3N3O3S/c1-9-5-10(2)7-12(6-9)21-16(24)15-22-13-8-11(17(18,19)20)3-4-14(13)27(25,26)23-15/h3-8,15,22-23H,1-2H3,(H,21,24). The first-order chi connectivity index (χ1) is 12.5. The molecule has 3 rings (SSSR count). The van der Waals surface area contributed by atoms with Gasteiger partial charge >= 0.3 is 6.18 Å². The Bertz CT molecular complexity index is 1000. The van der Waals surface area contributed by atoms with Gasteiger partial charge in [0.05, 0.1) is 11.3 Å². The predicted octanol–water partition coefficient (Wildman–Crippen LogP) is 2.99. The topological polar surface area (TPSA) is 87.3 Å². The van der Waals surface area contributed by atoms with Gasteiger partial charge in [-0.15, -0.1) is 0 Å². The van der Waals surface area contributed by atoms with Gasteiger partial charge in [0.15, 0.2) is 6.17 Å². The van der Waals surface area contributed by atoms with E-state index in [9.17, 15) is 26.4 Å². The normalized spacial score (nSPS) is 18.3. The quantitative estimate of drug-likeness (QED) is 0.725. The molecule has 0 fully saturated rings. The molecule has 1 unspecified atom stereocenters. The summed E-state index contributed by atoms with van der Waals surface area (Å²) in [5.41, 5.74) is 0.932. The van der Waals surface area contributed by atoms with Crippen molar-refractivity contribution < 1.29 is 26.4 Å². The molecule has 0 saturated heterocycles. The van der Waals surface area contributed by atoms with Crippen LogP contribution < -0.4 is 15.4 Å². The van der Waals surface area contributed by atoms with Crippen LogP contribution in [0.2, 0.25) is 0 Å². The number of hydrogen-bond acceptors (Lipinski definition) is 4. The van der Waals surface area contributed by atoms with E-state index in [2.05, 4.69) is 15.4 Å². The van der Waals surface area contributed by atoms with Crippen LogP contribution in [0.25, 0.3) is 0 Å². The van der Waals surface area contributed by atoms with Gasteiger partial charge in [-0.25, -0.2) is 8.42 Å². The fourth-order valence-corrected chi connectivity index (χ4v) is 4.10. The minimum absolute atomic E-state index is 0.288. The first kappa shape index (κ1) is 19.2. The molecule has 0 saturated carbocycles. The van der Waals surface area contributed by atoms with Crippen molar-refractivity contribution in [3.63, 3.8) is 0 Å². The summed E-state index contributed by atoms with van der Waals surface area (Å²) in [7, 11) is -4.15. The Morgan fingerprint density at radius 2 is 1.70 bits per heavy atom. The number of halogens is 3. The molecule has 1 aliphatic rings. The van der Waals surface area contributed by atoms with Crippen molar-refractivity contribution in [2.75, 3.05) is 10.6 Å². The van der Waals surface area contributed by atoms with Crippen LogP contribution >= 0.6 is 0 Å². The van der Waals surface area contributed by atoms with E-state index in [1.54, 1.807) is 12.1 Å². The summed E-state index contributed by atoms with van der Waals surface area (Å²) < 4.78 is 65.4. The monoisotopic (exact) mass is 399 g/mol. The van der Waals surface area contributed by atoms with E-state index in [1.807, 2.05) is 19.9 Å². The maximum atomic E-state index is 12.9. The lowest BCUT2D eigenvalue weighted by Crippen LogP contribution is -2.51. The molecule has 0 aromatic heterocycles. The van der Waals surface area contributed by atoms with E-state index in [0.29, 0.717) is 17.8 Å². The Hall–Kier alpha value is -2.59. The highest BCUT2D eigenvalue weighted by atomic mass is 32.2. The summed E-state index contributed by atoms with van der Waals surface area (Å²) >= 11 is 0. The number of benzene rings is 2. The summed E-state index contributed by atoms with van der Waals surface area (Å²) in [6, 6.07) is 7.48. The fourth-order valence-electron chi connectivity index (χ4n) is 2.84. The van der Waals surface area contributed by atoms with Gasteiger partial charge in [0.25, 0.3) is 5.91 Å². The van der Waals surface area contributed by atoms with Gasteiger partial charge in [0.2, 0.25) is 10.0 Å². The second kappa shape index (κ2) is 6.54. The molecule has 1 heterocycles. The number of rotatable bonds is 2. The van der Waals surface area contributed by atoms with Crippen molar-refractivity contribution in [2.45, 2.75) is 31.1 Å². The van der Waals surface area contributed by atoms with Crippen LogP contribution in [0.3, 0.4) is 0 Å². The number of aryl methyl sites for hydroxylation is 2. The van der Waals surface area contributed by atoms with Gasteiger partial charge in [0.1, 0.15) is 4.90 Å². The summed E-state index contributed by atoms with van der Waals surface area (Å²) in [6.07, 6.45) is -6.09. The van der Waals surface area contributed by atoms with E-state index in [0.717, 1.165) is 17.2 Å². The number of alkyl halides is 3. The van der Waals surface area contributed by atoms with Crippen molar-refractivity contribution in [1.82, 2.24) is 4.72 Å². The van der Waals surface area contributed by atoms with Crippen molar-refractivity contribution in [1.29, 1.82) is 0 Å². The van der Waals surface area contributed by atoms with E-state index in [-0.39, 0.29) is 10.6 Å². The number of fused-ring (bicyclic) bond motifs is 1. The van der Waals surface area contributed by atoms with Crippen molar-refractivity contribution in [3.05, 3.63) is 53.1 Å². The van der Waals surface area contributed by atoms with Crippen LogP contribution in [-0.4, -0.2) is 20.5 Å². The summed E-state index contributed by atoms with van der Waals surface area (Å²) in [5.74, 6) is -0.744. The molecule has 0 bridgehead atoms. The first-order valence-electron chi connectivity index (χ1n) is 7.85. The highest BCUT2D eigenvalue weighted by Gasteiger charge is 2.37. The highest BCUT2D eigenvalue weighted by Crippen LogP contribution is 2.35. The van der Waals surface area contributed by atoms with E-state index < -0.39 is 33.8 Å². The van der Waals surface area contributed by atoms with Gasteiger partial charge in [0, 0.05) is 5.69 Å². The predicted molar refractivity (Wildman–Crippen MR) is 93.7 cm³/mol. The number of sulfonamides is 1. The van der Waals surface area contributed by atoms with E-state index in [4.69, 9.17) is 0 Å². The Morgan fingerprint density at radius 3 is 2.30 bits per heavy atom. The maximum absolute atomic E-state index is 12.9. The molecule has 2 aromatic carbocycles. The highest BCUT2D eigenvalue weighted by molar-refractivity contribution is 7.89. The van der Waals surface area contributed by atoms with Gasteiger partial charge in [-0.2, -0.15) is 17.9 Å². The van der Waals surface area contributed by atoms with Crippen LogP contribution in [0.1, 0.15) is 16.7 Å². The zero-order valence-electron chi connectivity index (χ0n) is 14.3. The Balaban J connectivity index is 1.90. The molecule has 3 N–H and O–H groups in total. The van der Waals surface area contributed by atoms with Gasteiger partial charge in [-0.3, -0.25) is 4.79 Å². The number of anilines is 2. The van der Waals surface area contributed by atoms with Crippen molar-refractivity contribution in [3.8, 4) is 0 Å². The molecule has 10 heteroatoms. The molecule has 0 aliphatic carbocycles. The molecule has 0 radical (unpaired) electrons. The largest absolute Gasteiger partial charge is 0.416 e. The molecule has 1 amide bonds. The third kappa shape index (κ3) is 4.06. The average Bonchev–Trinajstić information content (AvgIpc) is 2.51. The minimum Gasteiger partial charge on any atom is -0.360 e. The average molecular weight is 399 g/mol. The number of hydrogen-bond donors (Lipinski definition) is 3. The minimum atomic E-state index is -4.64. The lowest BCUT2D eigenvalue weighted by molar-refractivity contribution is -0.137. The van der Waals surface area contributed by atoms with Crippen molar-refractivity contribution in [2.24, 2.45) is 0 Å². The molecule has 0 spiro atoms. The van der Waals surface area contributed by atoms with Crippen LogP contribution in [0, 0.1) is 13.8 Å². The van der Waals surface area contributed by atoms with Crippen LogP contribution in [0.5, 0.6) is 0 Å². The second-order valence-corrected chi connectivity index (χ2v) is 7.96. The van der Waals surface area contributed by atoms with Gasteiger partial charge in [-0.1, -0.05) is 6.07 Å². The summed E-state index contributed by atoms with van der Waals surface area (Å²) in [4.78, 5) is 12.1. The fraction of sp³-hybridized carbons (Fsp3) is 0.235. The van der Waals surface area contributed by atoms with Crippen LogP contribution in [0.15, 0.2) is 41.3 Å². The third-order valence-corrected chi connectivity index (χ3v) is 5.40. The molecule has 1 atom stereocenters. The Morgan fingerprint density at radius 1 is 1.07 bits per heavy atom. The SMILES string of the molecule is Cc1cc(C)cc(NC(=O)C2Nc3cc(C(F)(F)F)ccc3S(=O)(=O)N2)c1. The Kier molecular flexibility index (Phi) is 4.64. The first-order valence-corrected chi connectivity index (χ1v) is 9.33. The smallest absolute Gasteiger partial charge is 0.360 e. The van der Waals surface area contributed by atoms with E-state index >= 15 is 0 Å². The van der Waals surface area contributed by atoms with Crippen LogP contribution in [-0.2, 0) is 21.0 Å². The molecule has 6 nitrogen and oxygen atoms in total. The van der Waals surface area contributed by atoms with Gasteiger partial charge < -0.3 is 10.6 Å². The van der Waals surface area contributed by atoms with E-state index in [1.165, 1.54) is 0 Å². The zero-order chi connectivity index (χ0) is 20.0. The summed E-state index contributed by atoms with van der Waals surface area (Å²) in [6.45, 7) is 3.66. The number of carbonyl (C=O) groups is 1. The second-order valence-electron chi connectivity index (χ2n) is 6.27. The number of amides is 1. The zero-order valence-corrected chi connectivity index (χ0v) is 15.1. The van der Waals surface area contributed by atoms with Crippen molar-refractivity contribution >= 4 is 27.3 Å². The third-order valence-electron chi connectivity index (χ3n) is 3.92. The molecule has 27 heavy (non-hydrogen) atoms. The lowest BCUT2D eigenvalue weighted by atomic mass is 10.1. The number of carbonyl (C=O) groups excluding carboxylic acids is 1. The Labute approximate surface area is 153 Å². The molecule has 2 aromatic rings. The molecular formula is C17H16F3N3O3S. The molecule has 1 aliphatic heterocycles. The van der Waals surface area contributed by atoms with Gasteiger partial charge in [-0.05, 0) is 55.3 Å². The molecular weight excluding hydrogens is 383 g/mol.